The third-order valence-corrected chi connectivity index (χ3v) is 7.53. The Kier molecular flexibility index (Phi) is 10.2. The number of ketones is 1. The van der Waals surface area contributed by atoms with E-state index in [1.54, 1.807) is 13.8 Å². The second-order valence-corrected chi connectivity index (χ2v) is 9.90. The Balaban J connectivity index is 3.31. The second-order valence-electron chi connectivity index (χ2n) is 9.90. The lowest BCUT2D eigenvalue weighted by atomic mass is 9.74. The molecule has 0 saturated carbocycles. The molecule has 0 unspecified atom stereocenters. The standard InChI is InChI=1S/C25H44O5/c1-10-21-14(3)12-16(5)23(27)19(8)22(26)15(4)11-13(2)17(6)18(7)24(28)20(9)25(29)30-21/h12-15,17-21,23-24,27-28H,10-11H2,1-9H3/b16-12+/t13-,14-,15+,17-,18+,19-,20+,21+,23-,24-/m0/s1. The van der Waals surface area contributed by atoms with Crippen LogP contribution >= 0.6 is 0 Å². The summed E-state index contributed by atoms with van der Waals surface area (Å²) in [4.78, 5) is 25.7. The maximum atomic E-state index is 13.0. The van der Waals surface area contributed by atoms with Gasteiger partial charge in [0.05, 0.1) is 18.1 Å². The highest BCUT2D eigenvalue weighted by molar-refractivity contribution is 5.83. The Morgan fingerprint density at radius 3 is 2.07 bits per heavy atom. The monoisotopic (exact) mass is 424 g/mol. The Hall–Kier alpha value is -1.20. The molecule has 0 radical (unpaired) electrons. The molecule has 0 aromatic carbocycles. The van der Waals surface area contributed by atoms with Gasteiger partial charge in [0.2, 0.25) is 0 Å². The third-order valence-electron chi connectivity index (χ3n) is 7.53. The molecule has 1 rings (SSSR count). The Labute approximate surface area is 183 Å². The molecular weight excluding hydrogens is 380 g/mol. The van der Waals surface area contributed by atoms with Crippen molar-refractivity contribution in [1.82, 2.24) is 0 Å². The maximum Gasteiger partial charge on any atom is 0.311 e. The Morgan fingerprint density at radius 1 is 0.967 bits per heavy atom. The SMILES string of the molecule is CC[C@H]1OC(=O)[C@H](C)[C@@H](O)[C@H](C)[C@@H](C)[C@@H](C)C[C@@H](C)C(=O)[C@H](C)[C@@H](O)/C(C)=C/[C@@H]1C. The minimum absolute atomic E-state index is 0.0640. The Morgan fingerprint density at radius 2 is 1.53 bits per heavy atom. The lowest BCUT2D eigenvalue weighted by Gasteiger charge is -2.34. The number of aliphatic hydroxyl groups is 2. The van der Waals surface area contributed by atoms with Crippen molar-refractivity contribution in [3.63, 3.8) is 0 Å². The summed E-state index contributed by atoms with van der Waals surface area (Å²) in [5.74, 6) is -1.53. The molecule has 0 bridgehead atoms. The van der Waals surface area contributed by atoms with Crippen molar-refractivity contribution in [2.45, 2.75) is 93.5 Å². The summed E-state index contributed by atoms with van der Waals surface area (Å²) in [5, 5.41) is 21.6. The summed E-state index contributed by atoms with van der Waals surface area (Å²) >= 11 is 0. The number of carbonyl (C=O) groups is 2. The van der Waals surface area contributed by atoms with Gasteiger partial charge in [0.25, 0.3) is 0 Å². The molecule has 1 aliphatic heterocycles. The summed E-state index contributed by atoms with van der Waals surface area (Å²) in [6.45, 7) is 17.3. The van der Waals surface area contributed by atoms with Crippen LogP contribution in [0.1, 0.15) is 75.2 Å². The van der Waals surface area contributed by atoms with Gasteiger partial charge in [0.1, 0.15) is 11.9 Å². The average molecular weight is 425 g/mol. The van der Waals surface area contributed by atoms with Gasteiger partial charge in [0, 0.05) is 17.8 Å². The first kappa shape index (κ1) is 26.8. The normalized spacial score (nSPS) is 44.8. The van der Waals surface area contributed by atoms with Crippen LogP contribution in [0.25, 0.3) is 0 Å². The lowest BCUT2D eigenvalue weighted by Crippen LogP contribution is -2.39. The largest absolute Gasteiger partial charge is 0.461 e. The molecule has 0 saturated heterocycles. The van der Waals surface area contributed by atoms with Crippen molar-refractivity contribution in [1.29, 1.82) is 0 Å². The van der Waals surface area contributed by atoms with Crippen LogP contribution in [0.15, 0.2) is 11.6 Å². The van der Waals surface area contributed by atoms with E-state index in [0.29, 0.717) is 12.8 Å². The molecule has 0 fully saturated rings. The first-order valence-electron chi connectivity index (χ1n) is 11.6. The number of ether oxygens (including phenoxy) is 1. The molecule has 0 aliphatic carbocycles. The smallest absolute Gasteiger partial charge is 0.311 e. The van der Waals surface area contributed by atoms with Crippen LogP contribution in [0.4, 0.5) is 0 Å². The minimum atomic E-state index is -0.851. The molecule has 0 spiro atoms. The predicted octanol–water partition coefficient (Wildman–Crippen LogP) is 4.40. The molecule has 1 aliphatic rings. The fourth-order valence-electron chi connectivity index (χ4n) is 4.75. The number of aliphatic hydroxyl groups excluding tert-OH is 2. The molecule has 2 N–H and O–H groups in total. The van der Waals surface area contributed by atoms with Crippen molar-refractivity contribution >= 4 is 11.8 Å². The van der Waals surface area contributed by atoms with E-state index in [4.69, 9.17) is 4.74 Å². The molecule has 10 atom stereocenters. The van der Waals surface area contributed by atoms with Crippen LogP contribution in [-0.4, -0.2) is 40.3 Å². The topological polar surface area (TPSA) is 83.8 Å². The molecule has 0 amide bonds. The third kappa shape index (κ3) is 6.40. The van der Waals surface area contributed by atoms with E-state index in [1.165, 1.54) is 0 Å². The van der Waals surface area contributed by atoms with E-state index in [1.807, 2.05) is 40.7 Å². The van der Waals surface area contributed by atoms with Gasteiger partial charge >= 0.3 is 5.97 Å². The van der Waals surface area contributed by atoms with Crippen LogP contribution in [0.2, 0.25) is 0 Å². The van der Waals surface area contributed by atoms with E-state index >= 15 is 0 Å². The zero-order valence-corrected chi connectivity index (χ0v) is 20.4. The van der Waals surface area contributed by atoms with Crippen molar-refractivity contribution in [2.75, 3.05) is 0 Å². The fourth-order valence-corrected chi connectivity index (χ4v) is 4.75. The van der Waals surface area contributed by atoms with E-state index in [2.05, 4.69) is 13.8 Å². The number of esters is 1. The van der Waals surface area contributed by atoms with Gasteiger partial charge in [-0.15, -0.1) is 0 Å². The maximum absolute atomic E-state index is 13.0. The molecule has 0 aromatic heterocycles. The summed E-state index contributed by atoms with van der Waals surface area (Å²) in [6, 6.07) is 0. The fraction of sp³-hybridized carbons (Fsp3) is 0.840. The van der Waals surface area contributed by atoms with Crippen LogP contribution in [0.5, 0.6) is 0 Å². The highest BCUT2D eigenvalue weighted by Crippen LogP contribution is 2.33. The van der Waals surface area contributed by atoms with Gasteiger partial charge in [-0.1, -0.05) is 54.5 Å². The lowest BCUT2D eigenvalue weighted by molar-refractivity contribution is -0.161. The van der Waals surface area contributed by atoms with E-state index in [-0.39, 0.29) is 47.4 Å². The number of cyclic esters (lactones) is 1. The van der Waals surface area contributed by atoms with Crippen LogP contribution in [0.3, 0.4) is 0 Å². The van der Waals surface area contributed by atoms with E-state index < -0.39 is 24.0 Å². The van der Waals surface area contributed by atoms with Gasteiger partial charge < -0.3 is 14.9 Å². The van der Waals surface area contributed by atoms with Crippen LogP contribution in [0, 0.1) is 41.4 Å². The van der Waals surface area contributed by atoms with Gasteiger partial charge in [0.15, 0.2) is 0 Å². The summed E-state index contributed by atoms with van der Waals surface area (Å²) in [7, 11) is 0. The first-order chi connectivity index (χ1) is 13.8. The molecule has 30 heavy (non-hydrogen) atoms. The number of Topliss-reactive ketones (excluding diaryl/α,β-unsaturated/α-hetero) is 1. The van der Waals surface area contributed by atoms with Crippen LogP contribution in [-0.2, 0) is 14.3 Å². The predicted molar refractivity (Wildman–Crippen MR) is 120 cm³/mol. The number of carbonyl (C=O) groups excluding carboxylic acids is 2. The average Bonchev–Trinajstić information content (AvgIpc) is 2.72. The van der Waals surface area contributed by atoms with E-state index in [9.17, 15) is 19.8 Å². The van der Waals surface area contributed by atoms with E-state index in [0.717, 1.165) is 5.57 Å². The summed E-state index contributed by atoms with van der Waals surface area (Å²) in [5.41, 5.74) is 0.722. The molecule has 174 valence electrons. The van der Waals surface area contributed by atoms with Crippen molar-refractivity contribution in [3.05, 3.63) is 11.6 Å². The Bertz CT molecular complexity index is 613. The summed E-state index contributed by atoms with van der Waals surface area (Å²) < 4.78 is 5.76. The minimum Gasteiger partial charge on any atom is -0.461 e. The van der Waals surface area contributed by atoms with Crippen LogP contribution < -0.4 is 0 Å². The first-order valence-corrected chi connectivity index (χ1v) is 11.6. The van der Waals surface area contributed by atoms with Crippen molar-refractivity contribution < 1.29 is 24.5 Å². The van der Waals surface area contributed by atoms with Gasteiger partial charge in [-0.3, -0.25) is 9.59 Å². The zero-order chi connectivity index (χ0) is 23.3. The van der Waals surface area contributed by atoms with Gasteiger partial charge in [-0.25, -0.2) is 0 Å². The molecule has 0 aromatic rings. The number of hydrogen-bond acceptors (Lipinski definition) is 5. The molecular formula is C25H44O5. The van der Waals surface area contributed by atoms with Crippen molar-refractivity contribution in [3.8, 4) is 0 Å². The van der Waals surface area contributed by atoms with Crippen molar-refractivity contribution in [2.24, 2.45) is 41.4 Å². The molecule has 5 heteroatoms. The highest BCUT2D eigenvalue weighted by atomic mass is 16.5. The quantitative estimate of drug-likeness (QED) is 0.481. The number of rotatable bonds is 1. The number of hydrogen-bond donors (Lipinski definition) is 2. The summed E-state index contributed by atoms with van der Waals surface area (Å²) in [6.07, 6.45) is 1.21. The molecule has 1 heterocycles. The highest BCUT2D eigenvalue weighted by Gasteiger charge is 2.36. The van der Waals surface area contributed by atoms with Gasteiger partial charge in [-0.05, 0) is 50.0 Å². The zero-order valence-electron chi connectivity index (χ0n) is 20.4. The van der Waals surface area contributed by atoms with Gasteiger partial charge in [-0.2, -0.15) is 0 Å². The molecule has 5 nitrogen and oxygen atoms in total. The second kappa shape index (κ2) is 11.4.